The number of piperidine rings is 1. The number of hydrogen-bond acceptors (Lipinski definition) is 3. The van der Waals surface area contributed by atoms with Crippen LogP contribution in [0.4, 0.5) is 0 Å². The second kappa shape index (κ2) is 7.01. The van der Waals surface area contributed by atoms with Crippen molar-refractivity contribution in [2.45, 2.75) is 39.7 Å². The highest BCUT2D eigenvalue weighted by atomic mass is 32.2. The summed E-state index contributed by atoms with van der Waals surface area (Å²) in [5.41, 5.74) is 3.44. The molecule has 2 unspecified atom stereocenters. The molecule has 1 saturated heterocycles. The van der Waals surface area contributed by atoms with E-state index in [1.807, 2.05) is 32.9 Å². The van der Waals surface area contributed by atoms with E-state index >= 15 is 0 Å². The van der Waals surface area contributed by atoms with Gasteiger partial charge >= 0.3 is 0 Å². The Labute approximate surface area is 139 Å². The van der Waals surface area contributed by atoms with E-state index in [1.54, 1.807) is 0 Å². The van der Waals surface area contributed by atoms with Crippen molar-refractivity contribution in [2.24, 2.45) is 5.92 Å². The Kier molecular flexibility index (Phi) is 5.47. The smallest absolute Gasteiger partial charge is 0.224 e. The minimum Gasteiger partial charge on any atom is -0.349 e. The molecule has 0 aliphatic carbocycles. The fourth-order valence-corrected chi connectivity index (χ4v) is 4.09. The van der Waals surface area contributed by atoms with Gasteiger partial charge in [0.2, 0.25) is 15.9 Å². The van der Waals surface area contributed by atoms with Gasteiger partial charge in [-0.1, -0.05) is 23.8 Å². The lowest BCUT2D eigenvalue weighted by molar-refractivity contribution is -0.126. The number of amides is 1. The third-order valence-electron chi connectivity index (χ3n) is 4.47. The van der Waals surface area contributed by atoms with Crippen LogP contribution >= 0.6 is 0 Å². The molecule has 0 spiro atoms. The first-order valence-electron chi connectivity index (χ1n) is 8.01. The van der Waals surface area contributed by atoms with Crippen molar-refractivity contribution in [3.63, 3.8) is 0 Å². The number of rotatable bonds is 4. The molecule has 23 heavy (non-hydrogen) atoms. The average Bonchev–Trinajstić information content (AvgIpc) is 2.46. The van der Waals surface area contributed by atoms with Crippen molar-refractivity contribution in [3.05, 3.63) is 34.9 Å². The topological polar surface area (TPSA) is 66.5 Å². The number of carbonyl (C=O) groups excluding carboxylic acids is 1. The Balaban J connectivity index is 2.03. The van der Waals surface area contributed by atoms with Crippen LogP contribution in [0.15, 0.2) is 18.2 Å². The van der Waals surface area contributed by atoms with Crippen LogP contribution in [0.25, 0.3) is 0 Å². The van der Waals surface area contributed by atoms with Crippen LogP contribution < -0.4 is 5.32 Å². The van der Waals surface area contributed by atoms with Gasteiger partial charge in [-0.15, -0.1) is 0 Å². The van der Waals surface area contributed by atoms with Crippen LogP contribution in [0.2, 0.25) is 0 Å². The molecule has 1 aliphatic rings. The van der Waals surface area contributed by atoms with Gasteiger partial charge in [0.1, 0.15) is 0 Å². The Hall–Kier alpha value is -1.40. The summed E-state index contributed by atoms with van der Waals surface area (Å²) in [7, 11) is -3.23. The zero-order valence-electron chi connectivity index (χ0n) is 14.3. The van der Waals surface area contributed by atoms with Crippen LogP contribution in [0.3, 0.4) is 0 Å². The van der Waals surface area contributed by atoms with Gasteiger partial charge in [0, 0.05) is 13.1 Å². The summed E-state index contributed by atoms with van der Waals surface area (Å²) in [5, 5.41) is 3.04. The molecule has 2 rings (SSSR count). The fraction of sp³-hybridized carbons (Fsp3) is 0.588. The van der Waals surface area contributed by atoms with Crippen LogP contribution in [0.1, 0.15) is 42.5 Å². The van der Waals surface area contributed by atoms with Crippen LogP contribution in [-0.4, -0.2) is 38.0 Å². The summed E-state index contributed by atoms with van der Waals surface area (Å²) in [6, 6.07) is 6.09. The van der Waals surface area contributed by atoms with Crippen LogP contribution in [0, 0.1) is 19.8 Å². The highest BCUT2D eigenvalue weighted by Gasteiger charge is 2.30. The molecule has 5 nitrogen and oxygen atoms in total. The molecule has 0 aromatic heterocycles. The van der Waals surface area contributed by atoms with Crippen LogP contribution in [0.5, 0.6) is 0 Å². The summed E-state index contributed by atoms with van der Waals surface area (Å²) in [4.78, 5) is 12.5. The lowest BCUT2D eigenvalue weighted by Crippen LogP contribution is -2.45. The fourth-order valence-electron chi connectivity index (χ4n) is 3.18. The number of aryl methyl sites for hydroxylation is 2. The second-order valence-electron chi connectivity index (χ2n) is 6.55. The Morgan fingerprint density at radius 1 is 1.35 bits per heavy atom. The molecule has 6 heteroatoms. The van der Waals surface area contributed by atoms with Gasteiger partial charge in [-0.3, -0.25) is 4.79 Å². The molecule has 2 atom stereocenters. The molecule has 1 aliphatic heterocycles. The van der Waals surface area contributed by atoms with E-state index in [0.29, 0.717) is 6.54 Å². The molecule has 1 fully saturated rings. The Bertz CT molecular complexity index is 685. The number of nitrogens with zero attached hydrogens (tertiary/aromatic N) is 1. The first-order valence-corrected chi connectivity index (χ1v) is 9.86. The number of benzene rings is 1. The van der Waals surface area contributed by atoms with Crippen molar-refractivity contribution in [1.82, 2.24) is 9.62 Å². The van der Waals surface area contributed by atoms with Crippen molar-refractivity contribution in [3.8, 4) is 0 Å². The van der Waals surface area contributed by atoms with Crippen molar-refractivity contribution >= 4 is 15.9 Å². The van der Waals surface area contributed by atoms with Crippen molar-refractivity contribution in [1.29, 1.82) is 0 Å². The zero-order chi connectivity index (χ0) is 17.2. The maximum absolute atomic E-state index is 12.5. The standard InChI is InChI=1S/C17H26N2O3S/c1-12-7-8-16(13(2)10-12)14(3)18-17(20)15-6-5-9-19(11-15)23(4,21)22/h7-8,10,14-15H,5-6,9,11H2,1-4H3,(H,18,20). The average molecular weight is 338 g/mol. The third kappa shape index (κ3) is 4.54. The highest BCUT2D eigenvalue weighted by molar-refractivity contribution is 7.88. The van der Waals surface area contributed by atoms with E-state index in [2.05, 4.69) is 11.4 Å². The SMILES string of the molecule is Cc1ccc(C(C)NC(=O)C2CCCN(S(C)(=O)=O)C2)c(C)c1. The normalized spacial score (nSPS) is 21.0. The van der Waals surface area contributed by atoms with Crippen LogP contribution in [-0.2, 0) is 14.8 Å². The van der Waals surface area contributed by atoms with Gasteiger partial charge in [-0.05, 0) is 44.7 Å². The molecule has 1 aromatic carbocycles. The number of carbonyl (C=O) groups is 1. The first-order chi connectivity index (χ1) is 10.7. The minimum atomic E-state index is -3.23. The molecule has 0 radical (unpaired) electrons. The molecule has 1 amide bonds. The Morgan fingerprint density at radius 2 is 2.04 bits per heavy atom. The maximum Gasteiger partial charge on any atom is 0.224 e. The quantitative estimate of drug-likeness (QED) is 0.915. The Morgan fingerprint density at radius 3 is 2.65 bits per heavy atom. The summed E-state index contributed by atoms with van der Waals surface area (Å²) in [6.45, 7) is 6.84. The highest BCUT2D eigenvalue weighted by Crippen LogP contribution is 2.22. The van der Waals surface area contributed by atoms with Gasteiger partial charge in [-0.25, -0.2) is 12.7 Å². The van der Waals surface area contributed by atoms with Crippen molar-refractivity contribution < 1.29 is 13.2 Å². The molecule has 1 N–H and O–H groups in total. The molecular formula is C17H26N2O3S. The molecule has 1 aromatic rings. The molecule has 0 saturated carbocycles. The third-order valence-corrected chi connectivity index (χ3v) is 5.74. The molecule has 128 valence electrons. The number of sulfonamides is 1. The van der Waals surface area contributed by atoms with E-state index in [4.69, 9.17) is 0 Å². The largest absolute Gasteiger partial charge is 0.349 e. The van der Waals surface area contributed by atoms with E-state index < -0.39 is 10.0 Å². The lowest BCUT2D eigenvalue weighted by Gasteiger charge is -2.31. The van der Waals surface area contributed by atoms with E-state index in [1.165, 1.54) is 16.1 Å². The summed E-state index contributed by atoms with van der Waals surface area (Å²) >= 11 is 0. The lowest BCUT2D eigenvalue weighted by atomic mass is 9.96. The number of hydrogen-bond donors (Lipinski definition) is 1. The van der Waals surface area contributed by atoms with Gasteiger partial charge in [0.05, 0.1) is 18.2 Å². The second-order valence-corrected chi connectivity index (χ2v) is 8.53. The molecule has 1 heterocycles. The van der Waals surface area contributed by atoms with E-state index in [-0.39, 0.29) is 24.4 Å². The summed E-state index contributed by atoms with van der Waals surface area (Å²) in [5.74, 6) is -0.336. The number of nitrogens with one attached hydrogen (secondary N) is 1. The van der Waals surface area contributed by atoms with Gasteiger partial charge < -0.3 is 5.32 Å². The predicted octanol–water partition coefficient (Wildman–Crippen LogP) is 2.15. The van der Waals surface area contributed by atoms with Gasteiger partial charge in [-0.2, -0.15) is 0 Å². The monoisotopic (exact) mass is 338 g/mol. The summed E-state index contributed by atoms with van der Waals surface area (Å²) in [6.07, 6.45) is 2.66. The van der Waals surface area contributed by atoms with Gasteiger partial charge in [0.25, 0.3) is 0 Å². The maximum atomic E-state index is 12.5. The van der Waals surface area contributed by atoms with Gasteiger partial charge in [0.15, 0.2) is 0 Å². The predicted molar refractivity (Wildman–Crippen MR) is 91.6 cm³/mol. The van der Waals surface area contributed by atoms with Crippen molar-refractivity contribution in [2.75, 3.05) is 19.3 Å². The minimum absolute atomic E-state index is 0.0641. The molecule has 0 bridgehead atoms. The van der Waals surface area contributed by atoms with E-state index in [0.717, 1.165) is 24.0 Å². The molecular weight excluding hydrogens is 312 g/mol. The summed E-state index contributed by atoms with van der Waals surface area (Å²) < 4.78 is 24.7. The zero-order valence-corrected chi connectivity index (χ0v) is 15.1. The first kappa shape index (κ1) is 17.9. The van der Waals surface area contributed by atoms with E-state index in [9.17, 15) is 13.2 Å².